The summed E-state index contributed by atoms with van der Waals surface area (Å²) in [7, 11) is 0. The van der Waals surface area contributed by atoms with Crippen molar-refractivity contribution in [1.82, 2.24) is 0 Å². The first-order chi connectivity index (χ1) is 11.7. The fraction of sp³-hybridized carbons (Fsp3) is 0.450. The van der Waals surface area contributed by atoms with E-state index in [1.165, 1.54) is 16.1 Å². The Morgan fingerprint density at radius 2 is 2.08 bits per heavy atom. The van der Waals surface area contributed by atoms with Gasteiger partial charge in [-0.05, 0) is 53.6 Å². The molecule has 0 fully saturated rings. The molecule has 1 aromatic carbocycles. The van der Waals surface area contributed by atoms with Gasteiger partial charge in [0.25, 0.3) is 0 Å². The van der Waals surface area contributed by atoms with E-state index in [1.54, 1.807) is 0 Å². The molecule has 2 aromatic rings. The second-order valence-electron chi connectivity index (χ2n) is 6.73. The van der Waals surface area contributed by atoms with Crippen molar-refractivity contribution in [2.75, 3.05) is 16.8 Å². The second kappa shape index (κ2) is 7.84. The van der Waals surface area contributed by atoms with Gasteiger partial charge in [-0.15, -0.1) is 11.3 Å². The van der Waals surface area contributed by atoms with Crippen LogP contribution in [-0.4, -0.2) is 12.5 Å². The fourth-order valence-corrected chi connectivity index (χ4v) is 4.24. The zero-order chi connectivity index (χ0) is 16.9. The fourth-order valence-electron chi connectivity index (χ4n) is 3.35. The van der Waals surface area contributed by atoms with Crippen molar-refractivity contribution < 1.29 is 4.79 Å². The van der Waals surface area contributed by atoms with E-state index in [0.717, 1.165) is 38.0 Å². The van der Waals surface area contributed by atoms with E-state index < -0.39 is 0 Å². The molecule has 0 spiro atoms. The zero-order valence-corrected chi connectivity index (χ0v) is 15.4. The molecule has 0 saturated carbocycles. The maximum Gasteiger partial charge on any atom is 0.224 e. The van der Waals surface area contributed by atoms with E-state index in [2.05, 4.69) is 47.6 Å². The summed E-state index contributed by atoms with van der Waals surface area (Å²) in [6.45, 7) is 6.35. The van der Waals surface area contributed by atoms with Gasteiger partial charge in [0.1, 0.15) is 0 Å². The van der Waals surface area contributed by atoms with E-state index in [4.69, 9.17) is 0 Å². The van der Waals surface area contributed by atoms with Gasteiger partial charge in [0, 0.05) is 35.8 Å². The van der Waals surface area contributed by atoms with E-state index in [-0.39, 0.29) is 5.91 Å². The first-order valence-corrected chi connectivity index (χ1v) is 9.73. The summed E-state index contributed by atoms with van der Waals surface area (Å²) < 4.78 is 0. The molecule has 1 atom stereocenters. The van der Waals surface area contributed by atoms with Gasteiger partial charge in [-0.25, -0.2) is 0 Å². The quantitative estimate of drug-likeness (QED) is 0.794. The number of rotatable bonds is 6. The average molecular weight is 343 g/mol. The minimum atomic E-state index is 0.115. The van der Waals surface area contributed by atoms with Crippen LogP contribution in [0.4, 0.5) is 11.4 Å². The number of benzene rings is 1. The Morgan fingerprint density at radius 3 is 2.83 bits per heavy atom. The molecule has 1 aromatic heterocycles. The van der Waals surface area contributed by atoms with Crippen LogP contribution < -0.4 is 10.2 Å². The highest BCUT2D eigenvalue weighted by Crippen LogP contribution is 2.28. The van der Waals surface area contributed by atoms with Crippen LogP contribution in [-0.2, 0) is 17.8 Å². The Morgan fingerprint density at radius 1 is 1.29 bits per heavy atom. The molecule has 1 N–H and O–H groups in total. The maximum absolute atomic E-state index is 12.1. The first kappa shape index (κ1) is 17.0. The lowest BCUT2D eigenvalue weighted by molar-refractivity contribution is -0.117. The van der Waals surface area contributed by atoms with Crippen molar-refractivity contribution in [1.29, 1.82) is 0 Å². The third kappa shape index (κ3) is 4.18. The minimum Gasteiger partial charge on any atom is -0.367 e. The highest BCUT2D eigenvalue weighted by atomic mass is 32.1. The van der Waals surface area contributed by atoms with Crippen molar-refractivity contribution in [3.63, 3.8) is 0 Å². The third-order valence-corrected chi connectivity index (χ3v) is 5.66. The summed E-state index contributed by atoms with van der Waals surface area (Å²) in [6.07, 6.45) is 3.96. The van der Waals surface area contributed by atoms with Gasteiger partial charge >= 0.3 is 0 Å². The van der Waals surface area contributed by atoms with E-state index in [0.29, 0.717) is 12.3 Å². The Hall–Kier alpha value is -1.81. The summed E-state index contributed by atoms with van der Waals surface area (Å²) in [6, 6.07) is 10.5. The molecule has 24 heavy (non-hydrogen) atoms. The third-order valence-electron chi connectivity index (χ3n) is 4.64. The smallest absolute Gasteiger partial charge is 0.224 e. The van der Waals surface area contributed by atoms with Crippen LogP contribution in [0.1, 0.15) is 43.6 Å². The summed E-state index contributed by atoms with van der Waals surface area (Å²) in [5.41, 5.74) is 3.57. The van der Waals surface area contributed by atoms with Gasteiger partial charge in [0.2, 0.25) is 5.91 Å². The van der Waals surface area contributed by atoms with Crippen LogP contribution in [0, 0.1) is 5.92 Å². The number of anilines is 2. The zero-order valence-electron chi connectivity index (χ0n) is 14.5. The molecule has 3 rings (SSSR count). The normalized spacial score (nSPS) is 15.0. The molecule has 2 heterocycles. The summed E-state index contributed by atoms with van der Waals surface area (Å²) in [4.78, 5) is 16.0. The maximum atomic E-state index is 12.1. The molecule has 0 radical (unpaired) electrons. The first-order valence-electron chi connectivity index (χ1n) is 8.86. The molecular formula is C20H26N2OS. The SMILES string of the molecule is CCCC(C)CC(=O)Nc1ccc(N2CCc3sccc3C2)cc1. The van der Waals surface area contributed by atoms with Crippen molar-refractivity contribution in [3.8, 4) is 0 Å². The lowest BCUT2D eigenvalue weighted by Gasteiger charge is -2.29. The lowest BCUT2D eigenvalue weighted by atomic mass is 10.0. The molecule has 3 nitrogen and oxygen atoms in total. The molecular weight excluding hydrogens is 316 g/mol. The topological polar surface area (TPSA) is 32.3 Å². The number of carbonyl (C=O) groups is 1. The molecule has 1 aliphatic heterocycles. The summed E-state index contributed by atoms with van der Waals surface area (Å²) in [5, 5.41) is 5.20. The van der Waals surface area contributed by atoms with E-state index in [1.807, 2.05) is 23.5 Å². The monoisotopic (exact) mass is 342 g/mol. The summed E-state index contributed by atoms with van der Waals surface area (Å²) in [5.74, 6) is 0.562. The van der Waals surface area contributed by atoms with Gasteiger partial charge in [-0.2, -0.15) is 0 Å². The number of nitrogens with one attached hydrogen (secondary N) is 1. The van der Waals surface area contributed by atoms with Crippen LogP contribution in [0.15, 0.2) is 35.7 Å². The van der Waals surface area contributed by atoms with Crippen LogP contribution >= 0.6 is 11.3 Å². The van der Waals surface area contributed by atoms with Crippen LogP contribution in [0.25, 0.3) is 0 Å². The molecule has 0 aliphatic carbocycles. The van der Waals surface area contributed by atoms with Crippen molar-refractivity contribution in [2.45, 2.75) is 46.1 Å². The van der Waals surface area contributed by atoms with E-state index in [9.17, 15) is 4.79 Å². The molecule has 128 valence electrons. The molecule has 4 heteroatoms. The Labute approximate surface area is 148 Å². The number of carbonyl (C=O) groups excluding carboxylic acids is 1. The molecule has 0 saturated heterocycles. The number of thiophene rings is 1. The molecule has 1 amide bonds. The predicted octanol–water partition coefficient (Wildman–Crippen LogP) is 5.08. The number of hydrogen-bond acceptors (Lipinski definition) is 3. The van der Waals surface area contributed by atoms with Gasteiger partial charge in [0.05, 0.1) is 0 Å². The second-order valence-corrected chi connectivity index (χ2v) is 7.73. The lowest BCUT2D eigenvalue weighted by Crippen LogP contribution is -2.29. The van der Waals surface area contributed by atoms with Crippen LogP contribution in [0.3, 0.4) is 0 Å². The van der Waals surface area contributed by atoms with Crippen molar-refractivity contribution in [3.05, 3.63) is 46.2 Å². The minimum absolute atomic E-state index is 0.115. The highest BCUT2D eigenvalue weighted by molar-refractivity contribution is 7.10. The number of hydrogen-bond donors (Lipinski definition) is 1. The van der Waals surface area contributed by atoms with Crippen molar-refractivity contribution >= 4 is 28.6 Å². The molecule has 0 bridgehead atoms. The van der Waals surface area contributed by atoms with Gasteiger partial charge in [-0.1, -0.05) is 26.7 Å². The number of fused-ring (bicyclic) bond motifs is 1. The summed E-state index contributed by atoms with van der Waals surface area (Å²) >= 11 is 1.87. The largest absolute Gasteiger partial charge is 0.367 e. The standard InChI is InChI=1S/C20H26N2OS/c1-3-4-15(2)13-20(23)21-17-5-7-18(8-6-17)22-11-9-19-16(14-22)10-12-24-19/h5-8,10,12,15H,3-4,9,11,13-14H2,1-2H3,(H,21,23). The number of nitrogens with zero attached hydrogens (tertiary/aromatic N) is 1. The highest BCUT2D eigenvalue weighted by Gasteiger charge is 2.17. The Bertz CT molecular complexity index is 677. The van der Waals surface area contributed by atoms with Gasteiger partial charge in [-0.3, -0.25) is 4.79 Å². The van der Waals surface area contributed by atoms with Gasteiger partial charge < -0.3 is 10.2 Å². The van der Waals surface area contributed by atoms with Gasteiger partial charge in [0.15, 0.2) is 0 Å². The predicted molar refractivity (Wildman–Crippen MR) is 103 cm³/mol. The Kier molecular flexibility index (Phi) is 5.56. The average Bonchev–Trinajstić information content (AvgIpc) is 3.03. The Balaban J connectivity index is 1.57. The van der Waals surface area contributed by atoms with Crippen LogP contribution in [0.2, 0.25) is 0 Å². The number of amides is 1. The molecule has 1 aliphatic rings. The van der Waals surface area contributed by atoms with E-state index >= 15 is 0 Å². The molecule has 1 unspecified atom stereocenters. The van der Waals surface area contributed by atoms with Crippen LogP contribution in [0.5, 0.6) is 0 Å². The van der Waals surface area contributed by atoms with Crippen molar-refractivity contribution in [2.24, 2.45) is 5.92 Å².